The van der Waals surface area contributed by atoms with Gasteiger partial charge in [-0.25, -0.2) is 0 Å². The number of rotatable bonds is 51. The number of amides is 1. The summed E-state index contributed by atoms with van der Waals surface area (Å²) in [4.78, 5) is 26.2. The Kier molecular flexibility index (Phi) is 51.5. The lowest BCUT2D eigenvalue weighted by atomic mass is 10.0. The van der Waals surface area contributed by atoms with Crippen LogP contribution in [0.15, 0.2) is 60.8 Å². The van der Waals surface area contributed by atoms with Gasteiger partial charge in [-0.15, -0.1) is 0 Å². The lowest BCUT2D eigenvalue weighted by Gasteiger charge is -2.24. The van der Waals surface area contributed by atoms with E-state index in [1.807, 2.05) is 0 Å². The van der Waals surface area contributed by atoms with Crippen LogP contribution in [0.1, 0.15) is 284 Å². The Morgan fingerprint density at radius 1 is 0.439 bits per heavy atom. The summed E-state index contributed by atoms with van der Waals surface area (Å²) >= 11 is 0. The average Bonchev–Trinajstić information content (AvgIpc) is 3.31. The summed E-state index contributed by atoms with van der Waals surface area (Å²) in [6.45, 7) is 6.45. The quantitative estimate of drug-likeness (QED) is 0.0321. The molecule has 0 aromatic rings. The third-order valence-corrected chi connectivity index (χ3v) is 12.8. The second-order valence-electron chi connectivity index (χ2n) is 19.3. The molecule has 0 saturated carbocycles. The van der Waals surface area contributed by atoms with E-state index in [1.54, 1.807) is 0 Å². The van der Waals surface area contributed by atoms with Crippen LogP contribution in [0, 0.1) is 0 Å². The summed E-state index contributed by atoms with van der Waals surface area (Å²) in [5.74, 6) is -0.524. The fourth-order valence-corrected chi connectivity index (χ4v) is 8.47. The standard InChI is InChI=1S/C60H109NO5/c1-4-7-10-13-16-19-22-24-26-28-29-31-33-35-38-41-44-47-50-53-60(65)66-56(51-48-45-42-39-37-34-32-30-27-25-23-20-17-14-11-8-5-2)54-59(64)61-57(55-62)58(63)52-49-46-43-40-36-21-18-15-12-9-6-3/h17,20,24-27,32,34,39,42,56-58,62-63H,4-16,18-19,21-23,28-31,33,35-38,40-41,43-55H2,1-3H3,(H,61,64)/b20-17-,26-24+,27-25-,34-32-,42-39-. The number of nitrogens with one attached hydrogen (secondary N) is 1. The molecule has 3 atom stereocenters. The second-order valence-corrected chi connectivity index (χ2v) is 19.3. The van der Waals surface area contributed by atoms with Crippen LogP contribution in [0.3, 0.4) is 0 Å². The Balaban J connectivity index is 4.63. The minimum atomic E-state index is -0.803. The number of carbonyl (C=O) groups excluding carboxylic acids is 2. The van der Waals surface area contributed by atoms with Crippen LogP contribution in [-0.4, -0.2) is 46.9 Å². The van der Waals surface area contributed by atoms with Crippen LogP contribution >= 0.6 is 0 Å². The molecule has 0 aromatic heterocycles. The molecule has 0 bridgehead atoms. The molecule has 6 heteroatoms. The van der Waals surface area contributed by atoms with Crippen LogP contribution in [0.25, 0.3) is 0 Å². The first kappa shape index (κ1) is 63.6. The molecule has 384 valence electrons. The maximum absolute atomic E-state index is 13.2. The molecule has 0 aliphatic heterocycles. The van der Waals surface area contributed by atoms with E-state index in [9.17, 15) is 19.8 Å². The molecule has 3 unspecified atom stereocenters. The van der Waals surface area contributed by atoms with Crippen LogP contribution in [-0.2, 0) is 14.3 Å². The van der Waals surface area contributed by atoms with E-state index in [1.165, 1.54) is 167 Å². The van der Waals surface area contributed by atoms with Gasteiger partial charge in [0.05, 0.1) is 25.2 Å². The Morgan fingerprint density at radius 3 is 1.24 bits per heavy atom. The number of hydrogen-bond acceptors (Lipinski definition) is 5. The first-order chi connectivity index (χ1) is 32.5. The van der Waals surface area contributed by atoms with Gasteiger partial charge in [0.25, 0.3) is 0 Å². The molecular weight excluding hydrogens is 815 g/mol. The predicted octanol–water partition coefficient (Wildman–Crippen LogP) is 17.6. The molecular formula is C60H109NO5. The van der Waals surface area contributed by atoms with Crippen molar-refractivity contribution in [3.8, 4) is 0 Å². The van der Waals surface area contributed by atoms with Gasteiger partial charge in [0.15, 0.2) is 0 Å². The van der Waals surface area contributed by atoms with Crippen molar-refractivity contribution in [2.24, 2.45) is 0 Å². The summed E-state index contributed by atoms with van der Waals surface area (Å²) in [6.07, 6.45) is 67.2. The number of aliphatic hydroxyl groups is 2. The fraction of sp³-hybridized carbons (Fsp3) is 0.800. The molecule has 0 radical (unpaired) electrons. The Morgan fingerprint density at radius 2 is 0.788 bits per heavy atom. The van der Waals surface area contributed by atoms with Gasteiger partial charge >= 0.3 is 5.97 Å². The number of ether oxygens (including phenoxy) is 1. The normalized spacial score (nSPS) is 13.6. The van der Waals surface area contributed by atoms with E-state index in [4.69, 9.17) is 4.74 Å². The van der Waals surface area contributed by atoms with Gasteiger partial charge in [-0.3, -0.25) is 9.59 Å². The SMILES string of the molecule is CCCCC/C=C\C/C=C\C/C=C\C/C=C\CCCC(CC(=O)NC(CO)C(O)CCCCCCCCCCCCC)OC(=O)CCCCCCCCCCC/C=C/CCCCCCCC. The highest BCUT2D eigenvalue weighted by atomic mass is 16.5. The van der Waals surface area contributed by atoms with Gasteiger partial charge in [-0.1, -0.05) is 242 Å². The van der Waals surface area contributed by atoms with Gasteiger partial charge < -0.3 is 20.3 Å². The minimum Gasteiger partial charge on any atom is -0.462 e. The zero-order chi connectivity index (χ0) is 48.1. The maximum atomic E-state index is 13.2. The van der Waals surface area contributed by atoms with E-state index in [0.29, 0.717) is 19.3 Å². The lowest BCUT2D eigenvalue weighted by Crippen LogP contribution is -2.46. The highest BCUT2D eigenvalue weighted by Crippen LogP contribution is 2.17. The molecule has 6 nitrogen and oxygen atoms in total. The molecule has 66 heavy (non-hydrogen) atoms. The fourth-order valence-electron chi connectivity index (χ4n) is 8.47. The van der Waals surface area contributed by atoms with Gasteiger partial charge in [-0.2, -0.15) is 0 Å². The number of esters is 1. The van der Waals surface area contributed by atoms with Gasteiger partial charge in [-0.05, 0) is 89.9 Å². The third-order valence-electron chi connectivity index (χ3n) is 12.8. The van der Waals surface area contributed by atoms with Crippen LogP contribution in [0.5, 0.6) is 0 Å². The van der Waals surface area contributed by atoms with Crippen molar-refractivity contribution in [2.75, 3.05) is 6.61 Å². The van der Waals surface area contributed by atoms with Crippen molar-refractivity contribution in [3.63, 3.8) is 0 Å². The van der Waals surface area contributed by atoms with Gasteiger partial charge in [0, 0.05) is 6.42 Å². The lowest BCUT2D eigenvalue weighted by molar-refractivity contribution is -0.151. The highest BCUT2D eigenvalue weighted by Gasteiger charge is 2.24. The number of carbonyl (C=O) groups is 2. The zero-order valence-corrected chi connectivity index (χ0v) is 43.8. The van der Waals surface area contributed by atoms with Crippen LogP contribution in [0.2, 0.25) is 0 Å². The molecule has 0 fully saturated rings. The largest absolute Gasteiger partial charge is 0.462 e. The molecule has 0 saturated heterocycles. The maximum Gasteiger partial charge on any atom is 0.306 e. The molecule has 0 heterocycles. The molecule has 1 amide bonds. The van der Waals surface area contributed by atoms with E-state index in [-0.39, 0.29) is 24.9 Å². The van der Waals surface area contributed by atoms with Crippen LogP contribution in [0.4, 0.5) is 0 Å². The van der Waals surface area contributed by atoms with Crippen molar-refractivity contribution in [1.29, 1.82) is 0 Å². The van der Waals surface area contributed by atoms with E-state index < -0.39 is 18.2 Å². The highest BCUT2D eigenvalue weighted by molar-refractivity contribution is 5.77. The summed E-state index contributed by atoms with van der Waals surface area (Å²) in [5.41, 5.74) is 0. The number of allylic oxidation sites excluding steroid dienone is 10. The number of hydrogen-bond donors (Lipinski definition) is 3. The topological polar surface area (TPSA) is 95.9 Å². The average molecular weight is 925 g/mol. The van der Waals surface area contributed by atoms with Crippen molar-refractivity contribution >= 4 is 11.9 Å². The predicted molar refractivity (Wildman–Crippen MR) is 287 cm³/mol. The Labute approximate surface area is 409 Å². The first-order valence-corrected chi connectivity index (χ1v) is 28.5. The summed E-state index contributed by atoms with van der Waals surface area (Å²) in [5, 5.41) is 23.8. The minimum absolute atomic E-state index is 0.0392. The second kappa shape index (κ2) is 53.5. The van der Waals surface area contributed by atoms with E-state index in [0.717, 1.165) is 70.6 Å². The summed E-state index contributed by atoms with van der Waals surface area (Å²) in [7, 11) is 0. The number of unbranched alkanes of at least 4 members (excludes halogenated alkanes) is 29. The zero-order valence-electron chi connectivity index (χ0n) is 43.8. The molecule has 0 aliphatic carbocycles. The van der Waals surface area contributed by atoms with Crippen molar-refractivity contribution in [3.05, 3.63) is 60.8 Å². The van der Waals surface area contributed by atoms with E-state index in [2.05, 4.69) is 86.8 Å². The molecule has 0 spiro atoms. The summed E-state index contributed by atoms with van der Waals surface area (Å²) < 4.78 is 5.93. The van der Waals surface area contributed by atoms with Crippen molar-refractivity contribution < 1.29 is 24.5 Å². The van der Waals surface area contributed by atoms with Crippen LogP contribution < -0.4 is 5.32 Å². The van der Waals surface area contributed by atoms with E-state index >= 15 is 0 Å². The third kappa shape index (κ3) is 48.0. The molecule has 0 aromatic carbocycles. The Hall–Kier alpha value is -2.44. The van der Waals surface area contributed by atoms with Crippen molar-refractivity contribution in [1.82, 2.24) is 5.32 Å². The van der Waals surface area contributed by atoms with Crippen molar-refractivity contribution in [2.45, 2.75) is 302 Å². The first-order valence-electron chi connectivity index (χ1n) is 28.5. The summed E-state index contributed by atoms with van der Waals surface area (Å²) in [6, 6.07) is -0.720. The number of aliphatic hydroxyl groups excluding tert-OH is 2. The molecule has 0 rings (SSSR count). The smallest absolute Gasteiger partial charge is 0.306 e. The van der Waals surface area contributed by atoms with Gasteiger partial charge in [0.1, 0.15) is 6.10 Å². The monoisotopic (exact) mass is 924 g/mol. The Bertz CT molecular complexity index is 1170. The molecule has 0 aliphatic rings. The van der Waals surface area contributed by atoms with Gasteiger partial charge in [0.2, 0.25) is 5.91 Å². The molecule has 3 N–H and O–H groups in total.